The number of allylic oxidation sites excluding steroid dienone is 2. The van der Waals surface area contributed by atoms with Crippen LogP contribution in [0.3, 0.4) is 0 Å². The van der Waals surface area contributed by atoms with Crippen LogP contribution in [0, 0.1) is 27.7 Å². The van der Waals surface area contributed by atoms with Gasteiger partial charge in [0, 0.05) is 12.8 Å². The summed E-state index contributed by atoms with van der Waals surface area (Å²) in [6.07, 6.45) is 5.11. The zero-order valence-electron chi connectivity index (χ0n) is 16.3. The summed E-state index contributed by atoms with van der Waals surface area (Å²) in [6, 6.07) is 12.5. The minimum Gasteiger partial charge on any atom is -0.251 e. The number of hydrogen-bond acceptors (Lipinski definition) is 2. The smallest absolute Gasteiger partial charge is 0.0692 e. The van der Waals surface area contributed by atoms with Crippen LogP contribution < -0.4 is 0 Å². The molecule has 0 saturated carbocycles. The van der Waals surface area contributed by atoms with Gasteiger partial charge >= 0.3 is 0 Å². The molecule has 26 heavy (non-hydrogen) atoms. The highest BCUT2D eigenvalue weighted by Gasteiger charge is 2.11. The van der Waals surface area contributed by atoms with E-state index in [0.717, 1.165) is 45.1 Å². The summed E-state index contributed by atoms with van der Waals surface area (Å²) in [4.78, 5) is 9.98. The lowest BCUT2D eigenvalue weighted by molar-refractivity contribution is 1.29. The van der Waals surface area contributed by atoms with E-state index < -0.39 is 0 Å². The van der Waals surface area contributed by atoms with Crippen molar-refractivity contribution in [1.82, 2.24) is 0 Å². The van der Waals surface area contributed by atoms with Crippen molar-refractivity contribution in [3.8, 4) is 0 Å². The maximum absolute atomic E-state index is 4.99. The summed E-state index contributed by atoms with van der Waals surface area (Å²) in [5, 5.41) is 0. The van der Waals surface area contributed by atoms with E-state index in [4.69, 9.17) is 9.98 Å². The van der Waals surface area contributed by atoms with E-state index in [1.807, 2.05) is 12.2 Å². The third kappa shape index (κ3) is 4.66. The van der Waals surface area contributed by atoms with E-state index in [9.17, 15) is 0 Å². The van der Waals surface area contributed by atoms with Gasteiger partial charge in [-0.25, -0.2) is 0 Å². The second-order valence-electron chi connectivity index (χ2n) is 6.58. The molecule has 0 aliphatic heterocycles. The lowest BCUT2D eigenvalue weighted by Crippen LogP contribution is -2.13. The van der Waals surface area contributed by atoms with Gasteiger partial charge in [-0.3, -0.25) is 9.98 Å². The third-order valence-corrected chi connectivity index (χ3v) is 4.38. The molecule has 2 aromatic rings. The Morgan fingerprint density at radius 2 is 1.00 bits per heavy atom. The Morgan fingerprint density at radius 1 is 0.692 bits per heavy atom. The van der Waals surface area contributed by atoms with Gasteiger partial charge < -0.3 is 0 Å². The number of para-hydroxylation sites is 2. The Bertz CT molecular complexity index is 756. The molecule has 0 radical (unpaired) electrons. The lowest BCUT2D eigenvalue weighted by Gasteiger charge is -2.12. The van der Waals surface area contributed by atoms with Crippen LogP contribution in [0.4, 0.5) is 11.4 Å². The lowest BCUT2D eigenvalue weighted by atomic mass is 10.0. The predicted octanol–water partition coefficient (Wildman–Crippen LogP) is 6.92. The molecule has 0 aliphatic rings. The molecule has 0 N–H and O–H groups in total. The van der Waals surface area contributed by atoms with E-state index in [0.29, 0.717) is 12.8 Å². The van der Waals surface area contributed by atoms with Crippen molar-refractivity contribution in [2.75, 3.05) is 0 Å². The molecule has 2 heteroatoms. The van der Waals surface area contributed by atoms with Crippen LogP contribution in [0.2, 0.25) is 0 Å². The monoisotopic (exact) mass is 344 g/mol. The van der Waals surface area contributed by atoms with Crippen LogP contribution in [0.5, 0.6) is 0 Å². The topological polar surface area (TPSA) is 24.7 Å². The van der Waals surface area contributed by atoms with Crippen molar-refractivity contribution < 1.29 is 0 Å². The second-order valence-corrected chi connectivity index (χ2v) is 6.58. The number of benzene rings is 2. The van der Waals surface area contributed by atoms with Gasteiger partial charge in [0.2, 0.25) is 0 Å². The van der Waals surface area contributed by atoms with Gasteiger partial charge in [0.15, 0.2) is 0 Å². The molecule has 2 aromatic carbocycles. The molecule has 2 rings (SSSR count). The summed E-state index contributed by atoms with van der Waals surface area (Å²) in [7, 11) is 0. The largest absolute Gasteiger partial charge is 0.251 e. The van der Waals surface area contributed by atoms with Crippen LogP contribution in [0.15, 0.2) is 71.7 Å². The Balaban J connectivity index is 2.63. The second kappa shape index (κ2) is 9.10. The molecule has 134 valence electrons. The van der Waals surface area contributed by atoms with Crippen LogP contribution in [-0.2, 0) is 0 Å². The molecular weight excluding hydrogens is 316 g/mol. The first-order chi connectivity index (χ1) is 12.5. The highest BCUT2D eigenvalue weighted by Crippen LogP contribution is 2.26. The third-order valence-electron chi connectivity index (χ3n) is 4.38. The van der Waals surface area contributed by atoms with Crippen LogP contribution in [0.25, 0.3) is 0 Å². The highest BCUT2D eigenvalue weighted by atomic mass is 14.8. The summed E-state index contributed by atoms with van der Waals surface area (Å²) in [6.45, 7) is 16.2. The molecule has 0 heterocycles. The first kappa shape index (κ1) is 19.6. The van der Waals surface area contributed by atoms with Crippen LogP contribution in [0.1, 0.15) is 35.1 Å². The average Bonchev–Trinajstić information content (AvgIpc) is 2.60. The van der Waals surface area contributed by atoms with Crippen molar-refractivity contribution in [1.29, 1.82) is 0 Å². The van der Waals surface area contributed by atoms with Crippen molar-refractivity contribution in [2.45, 2.75) is 40.5 Å². The minimum absolute atomic E-state index is 0.672. The van der Waals surface area contributed by atoms with Gasteiger partial charge in [-0.1, -0.05) is 48.6 Å². The fraction of sp³-hybridized carbons (Fsp3) is 0.250. The molecule has 0 aliphatic carbocycles. The molecule has 0 unspecified atom stereocenters. The first-order valence-electron chi connectivity index (χ1n) is 8.97. The van der Waals surface area contributed by atoms with Crippen molar-refractivity contribution in [2.24, 2.45) is 9.98 Å². The fourth-order valence-corrected chi connectivity index (χ4v) is 2.96. The first-order valence-corrected chi connectivity index (χ1v) is 8.97. The molecule has 0 bridgehead atoms. The number of nitrogens with zero attached hydrogens (tertiary/aromatic N) is 2. The zero-order valence-corrected chi connectivity index (χ0v) is 16.3. The normalized spacial score (nSPS) is 12.2. The van der Waals surface area contributed by atoms with E-state index in [1.54, 1.807) is 0 Å². The average molecular weight is 345 g/mol. The van der Waals surface area contributed by atoms with Gasteiger partial charge in [0.05, 0.1) is 22.8 Å². The summed E-state index contributed by atoms with van der Waals surface area (Å²) in [5.74, 6) is 0. The maximum atomic E-state index is 4.99. The van der Waals surface area contributed by atoms with E-state index >= 15 is 0 Å². The van der Waals surface area contributed by atoms with Gasteiger partial charge in [0.1, 0.15) is 0 Å². The summed E-state index contributed by atoms with van der Waals surface area (Å²) >= 11 is 0. The SMILES string of the molecule is C=CCC(=Nc1c(C)cccc1C)C(CC=C)=Nc1c(C)cccc1C. The summed E-state index contributed by atoms with van der Waals surface area (Å²) < 4.78 is 0. The molecule has 0 aromatic heterocycles. The van der Waals surface area contributed by atoms with Crippen molar-refractivity contribution in [3.63, 3.8) is 0 Å². The van der Waals surface area contributed by atoms with E-state index in [-0.39, 0.29) is 0 Å². The molecule has 0 amide bonds. The maximum Gasteiger partial charge on any atom is 0.0692 e. The molecule has 0 spiro atoms. The number of rotatable bonds is 7. The Hall–Kier alpha value is -2.74. The van der Waals surface area contributed by atoms with Crippen molar-refractivity contribution >= 4 is 22.8 Å². The highest BCUT2D eigenvalue weighted by molar-refractivity contribution is 6.44. The van der Waals surface area contributed by atoms with Gasteiger partial charge in [-0.15, -0.1) is 13.2 Å². The van der Waals surface area contributed by atoms with Crippen LogP contribution in [-0.4, -0.2) is 11.4 Å². The number of hydrogen-bond donors (Lipinski definition) is 0. The molecule has 0 fully saturated rings. The molecule has 0 saturated heterocycles. The predicted molar refractivity (Wildman–Crippen MR) is 116 cm³/mol. The minimum atomic E-state index is 0.672. The van der Waals surface area contributed by atoms with Gasteiger partial charge in [-0.05, 0) is 49.9 Å². The molecule has 0 atom stereocenters. The Morgan fingerprint density at radius 3 is 1.27 bits per heavy atom. The standard InChI is InChI=1S/C24H28N2/c1-7-11-21(25-23-17(3)13-9-14-18(23)4)22(12-8-2)26-24-19(5)15-10-16-20(24)6/h7-10,13-16H,1-2,11-12H2,3-6H3. The van der Waals surface area contributed by atoms with Gasteiger partial charge in [0.25, 0.3) is 0 Å². The van der Waals surface area contributed by atoms with Crippen molar-refractivity contribution in [3.05, 3.63) is 84.0 Å². The number of aliphatic imine (C=N–C) groups is 2. The Labute approximate surface area is 157 Å². The number of aryl methyl sites for hydroxylation is 4. The fourth-order valence-electron chi connectivity index (χ4n) is 2.96. The van der Waals surface area contributed by atoms with E-state index in [2.05, 4.69) is 77.3 Å². The zero-order chi connectivity index (χ0) is 19.1. The molecule has 2 nitrogen and oxygen atoms in total. The van der Waals surface area contributed by atoms with Crippen LogP contribution >= 0.6 is 0 Å². The molecular formula is C24H28N2. The van der Waals surface area contributed by atoms with E-state index in [1.165, 1.54) is 0 Å². The Kier molecular flexibility index (Phi) is 6.85. The quantitative estimate of drug-likeness (QED) is 0.385. The van der Waals surface area contributed by atoms with Gasteiger partial charge in [-0.2, -0.15) is 0 Å². The summed E-state index contributed by atoms with van der Waals surface area (Å²) in [5.41, 5.74) is 8.58.